The highest BCUT2D eigenvalue weighted by Crippen LogP contribution is 2.15. The van der Waals surface area contributed by atoms with E-state index in [4.69, 9.17) is 0 Å². The summed E-state index contributed by atoms with van der Waals surface area (Å²) in [5, 5.41) is 0. The third-order valence-electron chi connectivity index (χ3n) is 1.81. The van der Waals surface area contributed by atoms with Crippen molar-refractivity contribution in [3.05, 3.63) is 48.8 Å². The van der Waals surface area contributed by atoms with Gasteiger partial charge in [0.25, 0.3) is 0 Å². The first-order valence-corrected chi connectivity index (χ1v) is 4.04. The molecule has 1 heterocycles. The lowest BCUT2D eigenvalue weighted by Gasteiger charge is -1.97. The number of benzene rings is 1. The molecule has 1 aromatic heterocycles. The van der Waals surface area contributed by atoms with Gasteiger partial charge in [-0.25, -0.2) is 4.98 Å². The number of imidazole rings is 1. The van der Waals surface area contributed by atoms with Crippen molar-refractivity contribution in [2.45, 2.75) is 0 Å². The van der Waals surface area contributed by atoms with Crippen LogP contribution in [0.2, 0.25) is 0 Å². The van der Waals surface area contributed by atoms with Gasteiger partial charge in [-0.1, -0.05) is 24.8 Å². The molecule has 0 spiro atoms. The molecule has 0 bridgehead atoms. The Morgan fingerprint density at radius 1 is 1.54 bits per heavy atom. The summed E-state index contributed by atoms with van der Waals surface area (Å²) >= 11 is 0. The monoisotopic (exact) mass is 169 g/mol. The number of nitrogens with zero attached hydrogens (tertiary/aromatic N) is 1. The Labute approximate surface area is 77.0 Å². The third kappa shape index (κ3) is 1.51. The Morgan fingerprint density at radius 2 is 2.46 bits per heavy atom. The Hall–Kier alpha value is -1.83. The van der Waals surface area contributed by atoms with E-state index in [0.29, 0.717) is 0 Å². The molecule has 0 amide bonds. The van der Waals surface area contributed by atoms with Crippen molar-refractivity contribution < 1.29 is 0 Å². The summed E-state index contributed by atoms with van der Waals surface area (Å²) in [6.07, 6.45) is 5.33. The van der Waals surface area contributed by atoms with Crippen LogP contribution in [-0.2, 0) is 0 Å². The largest absolute Gasteiger partial charge is 0.345 e. The number of nitrogens with one attached hydrogen (secondary N) is 1. The van der Waals surface area contributed by atoms with Gasteiger partial charge in [0.15, 0.2) is 0 Å². The maximum Gasteiger partial charge on any atom is 0.137 e. The van der Waals surface area contributed by atoms with E-state index in [1.54, 1.807) is 18.5 Å². The van der Waals surface area contributed by atoms with Gasteiger partial charge in [-0.3, -0.25) is 0 Å². The quantitative estimate of drug-likeness (QED) is 0.735. The van der Waals surface area contributed by atoms with Gasteiger partial charge < -0.3 is 4.98 Å². The number of hydrogen-bond acceptors (Lipinski definition) is 1. The Balaban J connectivity index is 2.47. The van der Waals surface area contributed by atoms with Gasteiger partial charge in [0.05, 0.1) is 0 Å². The predicted octanol–water partition coefficient (Wildman–Crippen LogP) is 2.52. The minimum Gasteiger partial charge on any atom is -0.345 e. The smallest absolute Gasteiger partial charge is 0.137 e. The minimum atomic E-state index is 0.837. The highest BCUT2D eigenvalue weighted by atomic mass is 14.9. The van der Waals surface area contributed by atoms with Crippen LogP contribution in [0.5, 0.6) is 0 Å². The lowest BCUT2D eigenvalue weighted by atomic mass is 10.1. The molecule has 1 N–H and O–H groups in total. The van der Waals surface area contributed by atoms with E-state index in [1.165, 1.54) is 0 Å². The van der Waals surface area contributed by atoms with Crippen molar-refractivity contribution in [2.75, 3.05) is 0 Å². The van der Waals surface area contributed by atoms with E-state index in [9.17, 15) is 0 Å². The second-order valence-electron chi connectivity index (χ2n) is 2.68. The van der Waals surface area contributed by atoms with E-state index in [-0.39, 0.29) is 0 Å². The van der Waals surface area contributed by atoms with Crippen molar-refractivity contribution in [1.82, 2.24) is 9.97 Å². The fraction of sp³-hybridized carbons (Fsp3) is 0. The van der Waals surface area contributed by atoms with Crippen LogP contribution < -0.4 is 0 Å². The first-order valence-electron chi connectivity index (χ1n) is 4.04. The predicted molar refractivity (Wildman–Crippen MR) is 53.0 cm³/mol. The zero-order valence-corrected chi connectivity index (χ0v) is 7.12. The van der Waals surface area contributed by atoms with Crippen LogP contribution in [0.15, 0.2) is 37.2 Å². The molecule has 0 unspecified atom stereocenters. The van der Waals surface area contributed by atoms with E-state index in [0.717, 1.165) is 17.0 Å². The highest BCUT2D eigenvalue weighted by molar-refractivity contribution is 5.60. The molecular formula is C11H9N2. The average Bonchev–Trinajstić information content (AvgIpc) is 2.71. The van der Waals surface area contributed by atoms with E-state index in [1.807, 2.05) is 18.2 Å². The Morgan fingerprint density at radius 3 is 3.15 bits per heavy atom. The molecule has 1 radical (unpaired) electrons. The molecule has 2 rings (SSSR count). The first-order chi connectivity index (χ1) is 6.40. The second kappa shape index (κ2) is 3.27. The van der Waals surface area contributed by atoms with Crippen molar-refractivity contribution in [1.29, 1.82) is 0 Å². The summed E-state index contributed by atoms with van der Waals surface area (Å²) in [6.45, 7) is 3.71. The summed E-state index contributed by atoms with van der Waals surface area (Å²) in [5.41, 5.74) is 2.03. The fourth-order valence-corrected chi connectivity index (χ4v) is 1.16. The Bertz CT molecular complexity index is 402. The van der Waals surface area contributed by atoms with Crippen LogP contribution >= 0.6 is 0 Å². The van der Waals surface area contributed by atoms with Gasteiger partial charge in [0.1, 0.15) is 5.82 Å². The lowest BCUT2D eigenvalue weighted by molar-refractivity contribution is 1.31. The molecule has 0 fully saturated rings. The number of aromatic nitrogens is 2. The zero-order chi connectivity index (χ0) is 9.10. The molecule has 0 saturated carbocycles. The van der Waals surface area contributed by atoms with Crippen molar-refractivity contribution in [3.63, 3.8) is 0 Å². The molecule has 2 heteroatoms. The zero-order valence-electron chi connectivity index (χ0n) is 7.12. The minimum absolute atomic E-state index is 0.837. The number of H-pyrrole nitrogens is 1. The van der Waals surface area contributed by atoms with Crippen LogP contribution in [0.1, 0.15) is 5.56 Å². The SMILES string of the molecule is C=Cc1cc[c]c(-c2ncc[nH]2)c1. The average molecular weight is 169 g/mol. The lowest BCUT2D eigenvalue weighted by Crippen LogP contribution is -1.81. The van der Waals surface area contributed by atoms with Crippen LogP contribution in [0.25, 0.3) is 17.5 Å². The summed E-state index contributed by atoms with van der Waals surface area (Å²) in [6, 6.07) is 8.92. The van der Waals surface area contributed by atoms with Crippen LogP contribution in [0.3, 0.4) is 0 Å². The number of aromatic amines is 1. The Kier molecular flexibility index (Phi) is 1.96. The van der Waals surface area contributed by atoms with Crippen LogP contribution in [0.4, 0.5) is 0 Å². The molecule has 0 aliphatic carbocycles. The second-order valence-corrected chi connectivity index (χ2v) is 2.68. The van der Waals surface area contributed by atoms with Gasteiger partial charge in [-0.2, -0.15) is 0 Å². The number of rotatable bonds is 2. The molecule has 0 aliphatic rings. The molecule has 0 atom stereocenters. The molecule has 1 aromatic carbocycles. The molecule has 0 aliphatic heterocycles. The maximum atomic E-state index is 4.14. The molecule has 63 valence electrons. The number of hydrogen-bond donors (Lipinski definition) is 1. The molecule has 2 nitrogen and oxygen atoms in total. The molecular weight excluding hydrogens is 160 g/mol. The van der Waals surface area contributed by atoms with Gasteiger partial charge in [-0.05, 0) is 17.7 Å². The third-order valence-corrected chi connectivity index (χ3v) is 1.81. The molecule has 13 heavy (non-hydrogen) atoms. The normalized spacial score (nSPS) is 9.85. The van der Waals surface area contributed by atoms with Gasteiger partial charge in [-0.15, -0.1) is 0 Å². The topological polar surface area (TPSA) is 28.7 Å². The summed E-state index contributed by atoms with van der Waals surface area (Å²) in [7, 11) is 0. The maximum absolute atomic E-state index is 4.14. The van der Waals surface area contributed by atoms with Gasteiger partial charge in [0.2, 0.25) is 0 Å². The van der Waals surface area contributed by atoms with Gasteiger partial charge >= 0.3 is 0 Å². The van der Waals surface area contributed by atoms with E-state index < -0.39 is 0 Å². The van der Waals surface area contributed by atoms with Gasteiger partial charge in [0, 0.05) is 18.0 Å². The molecule has 0 saturated heterocycles. The summed E-state index contributed by atoms with van der Waals surface area (Å²) in [5.74, 6) is 0.837. The van der Waals surface area contributed by atoms with Crippen molar-refractivity contribution >= 4 is 6.08 Å². The van der Waals surface area contributed by atoms with E-state index in [2.05, 4.69) is 22.6 Å². The van der Waals surface area contributed by atoms with Crippen molar-refractivity contribution in [2.24, 2.45) is 0 Å². The summed E-state index contributed by atoms with van der Waals surface area (Å²) in [4.78, 5) is 7.17. The van der Waals surface area contributed by atoms with Crippen molar-refractivity contribution in [3.8, 4) is 11.4 Å². The van der Waals surface area contributed by atoms with Crippen LogP contribution in [-0.4, -0.2) is 9.97 Å². The van der Waals surface area contributed by atoms with Crippen LogP contribution in [0, 0.1) is 6.07 Å². The standard InChI is InChI=1S/C11H9N2/c1-2-9-4-3-5-10(8-9)11-12-6-7-13-11/h2-4,6-8H,1H2,(H,12,13). The van der Waals surface area contributed by atoms with E-state index >= 15 is 0 Å². The molecule has 2 aromatic rings. The fourth-order valence-electron chi connectivity index (χ4n) is 1.16. The highest BCUT2D eigenvalue weighted by Gasteiger charge is 1.98. The summed E-state index contributed by atoms with van der Waals surface area (Å²) < 4.78 is 0. The first kappa shape index (κ1) is 7.80.